The molecule has 0 spiro atoms. The van der Waals surface area contributed by atoms with Crippen molar-refractivity contribution in [1.82, 2.24) is 0 Å². The highest BCUT2D eigenvalue weighted by atomic mass is 19.1. The number of hydrogen-bond donors (Lipinski definition) is 0. The van der Waals surface area contributed by atoms with Gasteiger partial charge in [-0.2, -0.15) is 0 Å². The quantitative estimate of drug-likeness (QED) is 0.468. The summed E-state index contributed by atoms with van der Waals surface area (Å²) in [5.74, 6) is 0.336. The number of hydrogen-bond acceptors (Lipinski definition) is 0. The van der Waals surface area contributed by atoms with Gasteiger partial charge in [-0.25, -0.2) is 4.39 Å². The molecule has 0 bridgehead atoms. The lowest BCUT2D eigenvalue weighted by Gasteiger charge is -2.09. The zero-order chi connectivity index (χ0) is 6.85. The van der Waals surface area contributed by atoms with Gasteiger partial charge < -0.3 is 0 Å². The largest absolute Gasteiger partial charge is 0.207 e. The van der Waals surface area contributed by atoms with Crippen LogP contribution < -0.4 is 0 Å². The maximum Gasteiger partial charge on any atom is 0.122 e. The van der Waals surface area contributed by atoms with Crippen LogP contribution in [-0.4, -0.2) is 0 Å². The molecule has 0 saturated heterocycles. The Morgan fingerprint density at radius 2 is 2.33 bits per heavy atom. The number of allylic oxidation sites excluding steroid dienone is 4. The molecule has 0 saturated carbocycles. The minimum Gasteiger partial charge on any atom is -0.207 e. The Bertz CT molecular complexity index is 165. The average Bonchev–Trinajstić information content (AvgIpc) is 1.80. The fraction of sp³-hybridized carbons (Fsp3) is 0.500. The van der Waals surface area contributed by atoms with Gasteiger partial charge in [0.15, 0.2) is 0 Å². The van der Waals surface area contributed by atoms with Crippen LogP contribution in [0.3, 0.4) is 0 Å². The summed E-state index contributed by atoms with van der Waals surface area (Å²) >= 11 is 0. The molecule has 0 nitrogen and oxygen atoms in total. The van der Waals surface area contributed by atoms with Gasteiger partial charge in [0.1, 0.15) is 5.83 Å². The third kappa shape index (κ3) is 1.41. The second-order valence-electron chi connectivity index (χ2n) is 2.61. The molecule has 1 atom stereocenters. The van der Waals surface area contributed by atoms with Crippen molar-refractivity contribution < 1.29 is 4.39 Å². The summed E-state index contributed by atoms with van der Waals surface area (Å²) in [5, 5.41) is 0. The van der Waals surface area contributed by atoms with Crippen LogP contribution in [0.1, 0.15) is 20.3 Å². The van der Waals surface area contributed by atoms with E-state index >= 15 is 0 Å². The van der Waals surface area contributed by atoms with E-state index in [4.69, 9.17) is 0 Å². The van der Waals surface area contributed by atoms with Crippen molar-refractivity contribution in [3.05, 3.63) is 23.6 Å². The van der Waals surface area contributed by atoms with E-state index in [0.29, 0.717) is 5.92 Å². The molecule has 0 N–H and O–H groups in total. The Labute approximate surface area is 55.1 Å². The molecule has 1 unspecified atom stereocenters. The van der Waals surface area contributed by atoms with Crippen LogP contribution in [0.15, 0.2) is 23.6 Å². The van der Waals surface area contributed by atoms with E-state index < -0.39 is 0 Å². The van der Waals surface area contributed by atoms with Gasteiger partial charge in [0.25, 0.3) is 0 Å². The van der Waals surface area contributed by atoms with E-state index in [-0.39, 0.29) is 5.83 Å². The van der Waals surface area contributed by atoms with Crippen LogP contribution >= 0.6 is 0 Å². The summed E-state index contributed by atoms with van der Waals surface area (Å²) in [4.78, 5) is 0. The van der Waals surface area contributed by atoms with E-state index in [0.717, 1.165) is 12.0 Å². The summed E-state index contributed by atoms with van der Waals surface area (Å²) in [6, 6.07) is 0. The first-order valence-corrected chi connectivity index (χ1v) is 3.24. The smallest absolute Gasteiger partial charge is 0.122 e. The van der Waals surface area contributed by atoms with Gasteiger partial charge in [-0.3, -0.25) is 0 Å². The van der Waals surface area contributed by atoms with Gasteiger partial charge in [-0.15, -0.1) is 0 Å². The molecule has 0 fully saturated rings. The third-order valence-corrected chi connectivity index (χ3v) is 1.60. The number of halogens is 1. The third-order valence-electron chi connectivity index (χ3n) is 1.60. The Morgan fingerprint density at radius 1 is 1.67 bits per heavy atom. The predicted octanol–water partition coefficient (Wildman–Crippen LogP) is 2.83. The second-order valence-corrected chi connectivity index (χ2v) is 2.61. The van der Waals surface area contributed by atoms with Crippen molar-refractivity contribution in [2.45, 2.75) is 20.3 Å². The van der Waals surface area contributed by atoms with Gasteiger partial charge in [-0.05, 0) is 30.9 Å². The lowest BCUT2D eigenvalue weighted by atomic mass is 9.99. The van der Waals surface area contributed by atoms with E-state index in [1.54, 1.807) is 13.0 Å². The van der Waals surface area contributed by atoms with Crippen LogP contribution in [-0.2, 0) is 0 Å². The maximum atomic E-state index is 12.6. The molecule has 50 valence electrons. The Balaban J connectivity index is 2.75. The first kappa shape index (κ1) is 6.53. The zero-order valence-electron chi connectivity index (χ0n) is 5.82. The van der Waals surface area contributed by atoms with Gasteiger partial charge in [-0.1, -0.05) is 13.0 Å². The van der Waals surface area contributed by atoms with Crippen LogP contribution in [0.5, 0.6) is 0 Å². The SMILES string of the molecule is CC1=CCC(C)C=C1F. The minimum absolute atomic E-state index is 0.0475. The highest BCUT2D eigenvalue weighted by molar-refractivity contribution is 5.26. The van der Waals surface area contributed by atoms with E-state index in [1.807, 2.05) is 13.0 Å². The first-order valence-electron chi connectivity index (χ1n) is 3.24. The van der Waals surface area contributed by atoms with E-state index in [1.165, 1.54) is 0 Å². The summed E-state index contributed by atoms with van der Waals surface area (Å²) in [5.41, 5.74) is 0.785. The molecule has 1 rings (SSSR count). The standard InChI is InChI=1S/C8H11F/c1-6-3-4-7(2)8(9)5-6/h4-6H,3H2,1-2H3. The molecular formula is C8H11F. The number of rotatable bonds is 0. The topological polar surface area (TPSA) is 0 Å². The van der Waals surface area contributed by atoms with Gasteiger partial charge in [0, 0.05) is 0 Å². The Morgan fingerprint density at radius 3 is 2.78 bits per heavy atom. The van der Waals surface area contributed by atoms with Crippen molar-refractivity contribution in [2.24, 2.45) is 5.92 Å². The Hall–Kier alpha value is -0.590. The molecule has 1 heteroatoms. The molecule has 1 aliphatic rings. The fourth-order valence-electron chi connectivity index (χ4n) is 0.909. The van der Waals surface area contributed by atoms with Gasteiger partial charge in [0.2, 0.25) is 0 Å². The van der Waals surface area contributed by atoms with Crippen LogP contribution in [0, 0.1) is 5.92 Å². The zero-order valence-corrected chi connectivity index (χ0v) is 5.82. The fourth-order valence-corrected chi connectivity index (χ4v) is 0.909. The molecule has 0 aromatic rings. The van der Waals surface area contributed by atoms with Crippen LogP contribution in [0.2, 0.25) is 0 Å². The predicted molar refractivity (Wildman–Crippen MR) is 36.7 cm³/mol. The molecule has 0 aliphatic heterocycles. The molecule has 0 amide bonds. The Kier molecular flexibility index (Phi) is 1.70. The first-order chi connectivity index (χ1) is 4.20. The van der Waals surface area contributed by atoms with Crippen molar-refractivity contribution >= 4 is 0 Å². The summed E-state index contributed by atoms with van der Waals surface area (Å²) in [6.07, 6.45) is 4.61. The molecule has 9 heavy (non-hydrogen) atoms. The van der Waals surface area contributed by atoms with Crippen LogP contribution in [0.4, 0.5) is 4.39 Å². The summed E-state index contributed by atoms with van der Waals surface area (Å²) in [7, 11) is 0. The molecule has 0 aromatic carbocycles. The molecule has 0 aromatic heterocycles. The summed E-state index contributed by atoms with van der Waals surface area (Å²) < 4.78 is 12.6. The second kappa shape index (κ2) is 2.34. The lowest BCUT2D eigenvalue weighted by Crippen LogP contribution is -1.95. The summed E-state index contributed by atoms with van der Waals surface area (Å²) in [6.45, 7) is 3.82. The van der Waals surface area contributed by atoms with Crippen molar-refractivity contribution in [3.8, 4) is 0 Å². The highest BCUT2D eigenvalue weighted by Crippen LogP contribution is 2.22. The van der Waals surface area contributed by atoms with Crippen molar-refractivity contribution in [1.29, 1.82) is 0 Å². The van der Waals surface area contributed by atoms with Crippen molar-refractivity contribution in [3.63, 3.8) is 0 Å². The molecule has 0 radical (unpaired) electrons. The monoisotopic (exact) mass is 126 g/mol. The maximum absolute atomic E-state index is 12.6. The molecule has 1 aliphatic carbocycles. The normalized spacial score (nSPS) is 27.2. The van der Waals surface area contributed by atoms with E-state index in [9.17, 15) is 4.39 Å². The average molecular weight is 126 g/mol. The van der Waals surface area contributed by atoms with Gasteiger partial charge >= 0.3 is 0 Å². The molecular weight excluding hydrogens is 115 g/mol. The van der Waals surface area contributed by atoms with E-state index in [2.05, 4.69) is 0 Å². The highest BCUT2D eigenvalue weighted by Gasteiger charge is 2.07. The lowest BCUT2D eigenvalue weighted by molar-refractivity contribution is 0.600. The van der Waals surface area contributed by atoms with Gasteiger partial charge in [0.05, 0.1) is 0 Å². The van der Waals surface area contributed by atoms with Crippen LogP contribution in [0.25, 0.3) is 0 Å². The van der Waals surface area contributed by atoms with Crippen molar-refractivity contribution in [2.75, 3.05) is 0 Å². The minimum atomic E-state index is -0.0475. The molecule has 0 heterocycles.